The van der Waals surface area contributed by atoms with E-state index in [4.69, 9.17) is 10.8 Å². The highest BCUT2D eigenvalue weighted by atomic mass is 16.4. The molecule has 0 saturated heterocycles. The van der Waals surface area contributed by atoms with Gasteiger partial charge in [0, 0.05) is 18.0 Å². The fourth-order valence-electron chi connectivity index (χ4n) is 1.49. The summed E-state index contributed by atoms with van der Waals surface area (Å²) in [6.45, 7) is 0. The molecule has 6 nitrogen and oxygen atoms in total. The first-order valence-electron chi connectivity index (χ1n) is 5.09. The zero-order valence-electron chi connectivity index (χ0n) is 9.00. The second-order valence-corrected chi connectivity index (χ2v) is 3.62. The predicted molar refractivity (Wildman–Crippen MR) is 61.0 cm³/mol. The van der Waals surface area contributed by atoms with Gasteiger partial charge in [-0.1, -0.05) is 0 Å². The van der Waals surface area contributed by atoms with Gasteiger partial charge in [-0.15, -0.1) is 0 Å². The summed E-state index contributed by atoms with van der Waals surface area (Å²) < 4.78 is 0. The van der Waals surface area contributed by atoms with Gasteiger partial charge in [0.2, 0.25) is 0 Å². The van der Waals surface area contributed by atoms with Crippen LogP contribution in [0.4, 0.5) is 0 Å². The summed E-state index contributed by atoms with van der Waals surface area (Å²) in [6, 6.07) is 3.04. The number of aromatic amines is 1. The molecule has 0 aliphatic rings. The van der Waals surface area contributed by atoms with Crippen LogP contribution in [-0.2, 0) is 4.79 Å². The van der Waals surface area contributed by atoms with Gasteiger partial charge >= 0.3 is 5.97 Å². The molecule has 17 heavy (non-hydrogen) atoms. The third kappa shape index (κ3) is 2.67. The molecule has 0 amide bonds. The number of carbonyl (C=O) groups is 1. The van der Waals surface area contributed by atoms with Crippen molar-refractivity contribution >= 4 is 5.97 Å². The minimum absolute atomic E-state index is 0.150. The minimum Gasteiger partial charge on any atom is -0.481 e. The van der Waals surface area contributed by atoms with Crippen LogP contribution in [0.2, 0.25) is 0 Å². The molecule has 1 unspecified atom stereocenters. The van der Waals surface area contributed by atoms with E-state index in [0.29, 0.717) is 5.82 Å². The highest BCUT2D eigenvalue weighted by Crippen LogP contribution is 2.18. The Kier molecular flexibility index (Phi) is 3.15. The van der Waals surface area contributed by atoms with Crippen LogP contribution >= 0.6 is 0 Å². The highest BCUT2D eigenvalue weighted by Gasteiger charge is 2.14. The van der Waals surface area contributed by atoms with Crippen LogP contribution in [0.1, 0.15) is 18.3 Å². The quantitative estimate of drug-likeness (QED) is 0.727. The Morgan fingerprint density at radius 3 is 2.82 bits per heavy atom. The van der Waals surface area contributed by atoms with Gasteiger partial charge in [0.1, 0.15) is 5.82 Å². The van der Waals surface area contributed by atoms with E-state index in [1.165, 1.54) is 0 Å². The topological polar surface area (TPSA) is 105 Å². The first-order valence-corrected chi connectivity index (χ1v) is 5.09. The van der Waals surface area contributed by atoms with Crippen molar-refractivity contribution in [3.05, 3.63) is 36.5 Å². The molecule has 0 aromatic carbocycles. The molecule has 0 spiro atoms. The van der Waals surface area contributed by atoms with Crippen molar-refractivity contribution < 1.29 is 9.90 Å². The van der Waals surface area contributed by atoms with E-state index in [2.05, 4.69) is 15.0 Å². The molecule has 0 saturated carbocycles. The Labute approximate surface area is 97.5 Å². The number of aliphatic carboxylic acids is 1. The number of H-pyrrole nitrogens is 1. The van der Waals surface area contributed by atoms with Gasteiger partial charge in [0.15, 0.2) is 0 Å². The van der Waals surface area contributed by atoms with Crippen molar-refractivity contribution in [2.45, 2.75) is 12.5 Å². The number of carboxylic acid groups (broad SMARTS) is 1. The summed E-state index contributed by atoms with van der Waals surface area (Å²) in [4.78, 5) is 21.5. The van der Waals surface area contributed by atoms with E-state index in [1.54, 1.807) is 18.6 Å². The molecule has 2 aromatic heterocycles. The average Bonchev–Trinajstić information content (AvgIpc) is 2.78. The van der Waals surface area contributed by atoms with E-state index >= 15 is 0 Å². The number of pyridine rings is 1. The molecule has 88 valence electrons. The summed E-state index contributed by atoms with van der Waals surface area (Å²) in [6.07, 6.45) is 4.83. The number of hydrogen-bond acceptors (Lipinski definition) is 4. The number of imidazole rings is 1. The first-order chi connectivity index (χ1) is 8.16. The molecule has 0 aliphatic carbocycles. The average molecular weight is 232 g/mol. The van der Waals surface area contributed by atoms with Crippen molar-refractivity contribution in [3.63, 3.8) is 0 Å². The molecule has 2 rings (SSSR count). The lowest BCUT2D eigenvalue weighted by Gasteiger charge is -2.04. The van der Waals surface area contributed by atoms with Gasteiger partial charge in [-0.05, 0) is 12.1 Å². The molecular formula is C11H12N4O2. The normalized spacial score (nSPS) is 12.3. The third-order valence-electron chi connectivity index (χ3n) is 2.33. The Morgan fingerprint density at radius 1 is 1.47 bits per heavy atom. The zero-order chi connectivity index (χ0) is 12.3. The monoisotopic (exact) mass is 232 g/mol. The molecule has 6 heteroatoms. The predicted octanol–water partition coefficient (Wildman–Crippen LogP) is 0.946. The van der Waals surface area contributed by atoms with E-state index in [-0.39, 0.29) is 6.42 Å². The van der Waals surface area contributed by atoms with E-state index in [1.807, 2.05) is 12.1 Å². The molecule has 2 aromatic rings. The zero-order valence-corrected chi connectivity index (χ0v) is 9.00. The summed E-state index contributed by atoms with van der Waals surface area (Å²) in [7, 11) is 0. The summed E-state index contributed by atoms with van der Waals surface area (Å²) >= 11 is 0. The fraction of sp³-hybridized carbons (Fsp3) is 0.182. The van der Waals surface area contributed by atoms with Gasteiger partial charge < -0.3 is 15.8 Å². The lowest BCUT2D eigenvalue weighted by atomic mass is 10.2. The maximum absolute atomic E-state index is 10.5. The van der Waals surface area contributed by atoms with Gasteiger partial charge in [-0.3, -0.25) is 9.78 Å². The smallest absolute Gasteiger partial charge is 0.305 e. The van der Waals surface area contributed by atoms with Crippen molar-refractivity contribution in [2.75, 3.05) is 0 Å². The molecular weight excluding hydrogens is 220 g/mol. The first kappa shape index (κ1) is 11.3. The van der Waals surface area contributed by atoms with E-state index in [9.17, 15) is 4.79 Å². The SMILES string of the molecule is NC(CC(=O)O)c1ncc(-c2ccncc2)[nH]1. The maximum atomic E-state index is 10.5. The largest absolute Gasteiger partial charge is 0.481 e. The van der Waals surface area contributed by atoms with Gasteiger partial charge in [-0.2, -0.15) is 0 Å². The molecule has 0 radical (unpaired) electrons. The Hall–Kier alpha value is -2.21. The van der Waals surface area contributed by atoms with E-state index in [0.717, 1.165) is 11.3 Å². The van der Waals surface area contributed by atoms with Gasteiger partial charge in [0.25, 0.3) is 0 Å². The van der Waals surface area contributed by atoms with Crippen molar-refractivity contribution in [1.29, 1.82) is 0 Å². The lowest BCUT2D eigenvalue weighted by Crippen LogP contribution is -2.16. The molecule has 0 aliphatic heterocycles. The third-order valence-corrected chi connectivity index (χ3v) is 2.33. The van der Waals surface area contributed by atoms with Crippen LogP contribution in [0.3, 0.4) is 0 Å². The molecule has 0 fully saturated rings. The summed E-state index contributed by atoms with van der Waals surface area (Å²) in [5.41, 5.74) is 7.43. The van der Waals surface area contributed by atoms with Crippen molar-refractivity contribution in [3.8, 4) is 11.3 Å². The maximum Gasteiger partial charge on any atom is 0.305 e. The van der Waals surface area contributed by atoms with Crippen molar-refractivity contribution in [1.82, 2.24) is 15.0 Å². The summed E-state index contributed by atoms with van der Waals surface area (Å²) in [5.74, 6) is -0.474. The number of nitrogens with zero attached hydrogens (tertiary/aromatic N) is 2. The van der Waals surface area contributed by atoms with Crippen LogP contribution < -0.4 is 5.73 Å². The number of rotatable bonds is 4. The summed E-state index contributed by atoms with van der Waals surface area (Å²) in [5, 5.41) is 8.64. The standard InChI is InChI=1S/C11H12N4O2/c12-8(5-10(16)17)11-14-6-9(15-11)7-1-3-13-4-2-7/h1-4,6,8H,5,12H2,(H,14,15)(H,16,17). The molecule has 0 bridgehead atoms. The molecule has 4 N–H and O–H groups in total. The van der Waals surface area contributed by atoms with Gasteiger partial charge in [-0.25, -0.2) is 4.98 Å². The van der Waals surface area contributed by atoms with Gasteiger partial charge in [0.05, 0.1) is 24.4 Å². The molecule has 1 atom stereocenters. The Balaban J connectivity index is 2.19. The second kappa shape index (κ2) is 4.75. The Bertz CT molecular complexity index is 509. The highest BCUT2D eigenvalue weighted by molar-refractivity contribution is 5.67. The van der Waals surface area contributed by atoms with E-state index < -0.39 is 12.0 Å². The number of nitrogens with one attached hydrogen (secondary N) is 1. The van der Waals surface area contributed by atoms with Crippen LogP contribution in [0.15, 0.2) is 30.7 Å². The van der Waals surface area contributed by atoms with Crippen LogP contribution in [0.25, 0.3) is 11.3 Å². The van der Waals surface area contributed by atoms with Crippen LogP contribution in [0, 0.1) is 0 Å². The number of aromatic nitrogens is 3. The fourth-order valence-corrected chi connectivity index (χ4v) is 1.49. The minimum atomic E-state index is -0.945. The van der Waals surface area contributed by atoms with Crippen LogP contribution in [0.5, 0.6) is 0 Å². The van der Waals surface area contributed by atoms with Crippen LogP contribution in [-0.4, -0.2) is 26.0 Å². The molecule has 2 heterocycles. The second-order valence-electron chi connectivity index (χ2n) is 3.62. The number of hydrogen-bond donors (Lipinski definition) is 3. The number of nitrogens with two attached hydrogens (primary N) is 1. The lowest BCUT2D eigenvalue weighted by molar-refractivity contribution is -0.137. The van der Waals surface area contributed by atoms with Crippen molar-refractivity contribution in [2.24, 2.45) is 5.73 Å². The number of carboxylic acids is 1. The Morgan fingerprint density at radius 2 is 2.18 bits per heavy atom.